The van der Waals surface area contributed by atoms with Gasteiger partial charge >= 0.3 is 0 Å². The maximum absolute atomic E-state index is 2.36. The SMILES string of the molecule is Cc1cccc[n+]1CCCCCCCCCC[n+]1ccccc1C.[Br-]. The first-order chi connectivity index (χ1) is 11.8. The zero-order chi connectivity index (χ0) is 17.0. The van der Waals surface area contributed by atoms with Crippen LogP contribution in [0.1, 0.15) is 62.8 Å². The molecule has 0 aromatic carbocycles. The molecule has 0 aliphatic rings. The maximum Gasteiger partial charge on any atom is 0.178 e. The minimum absolute atomic E-state index is 0. The highest BCUT2D eigenvalue weighted by molar-refractivity contribution is 4.94. The predicted molar refractivity (Wildman–Crippen MR) is 99.7 cm³/mol. The predicted octanol–water partition coefficient (Wildman–Crippen LogP) is 1.70. The number of hydrogen-bond donors (Lipinski definition) is 0. The lowest BCUT2D eigenvalue weighted by Crippen LogP contribution is -3.00. The number of halogens is 1. The molecule has 0 unspecified atom stereocenters. The number of hydrogen-bond acceptors (Lipinski definition) is 0. The highest BCUT2D eigenvalue weighted by atomic mass is 79.9. The van der Waals surface area contributed by atoms with Crippen LogP contribution < -0.4 is 26.1 Å². The maximum atomic E-state index is 2.36. The van der Waals surface area contributed by atoms with E-state index in [9.17, 15) is 0 Å². The summed E-state index contributed by atoms with van der Waals surface area (Å²) in [6.07, 6.45) is 15.3. The average molecular weight is 406 g/mol. The van der Waals surface area contributed by atoms with E-state index in [1.54, 1.807) is 0 Å². The van der Waals surface area contributed by atoms with Crippen LogP contribution in [-0.4, -0.2) is 0 Å². The highest BCUT2D eigenvalue weighted by Gasteiger charge is 2.04. The van der Waals surface area contributed by atoms with Crippen LogP contribution in [0, 0.1) is 13.8 Å². The van der Waals surface area contributed by atoms with Gasteiger partial charge in [-0.2, -0.15) is 0 Å². The molecule has 3 heteroatoms. The molecule has 138 valence electrons. The fraction of sp³-hybridized carbons (Fsp3) is 0.545. The summed E-state index contributed by atoms with van der Waals surface area (Å²) < 4.78 is 4.73. The molecule has 0 amide bonds. The molecule has 0 radical (unpaired) electrons. The Hall–Kier alpha value is -1.22. The monoisotopic (exact) mass is 405 g/mol. The van der Waals surface area contributed by atoms with Crippen molar-refractivity contribution in [2.45, 2.75) is 78.3 Å². The third-order valence-electron chi connectivity index (χ3n) is 4.88. The van der Waals surface area contributed by atoms with Crippen LogP contribution in [0.25, 0.3) is 0 Å². The van der Waals surface area contributed by atoms with Crippen molar-refractivity contribution in [1.82, 2.24) is 0 Å². The third kappa shape index (κ3) is 8.62. The Kier molecular flexibility index (Phi) is 11.4. The summed E-state index contributed by atoms with van der Waals surface area (Å²) in [6.45, 7) is 6.71. The van der Waals surface area contributed by atoms with Gasteiger partial charge < -0.3 is 17.0 Å². The molecule has 2 aromatic heterocycles. The van der Waals surface area contributed by atoms with Crippen LogP contribution in [0.15, 0.2) is 48.8 Å². The van der Waals surface area contributed by atoms with Crippen molar-refractivity contribution in [3.05, 3.63) is 60.2 Å². The minimum atomic E-state index is 0. The van der Waals surface area contributed by atoms with Crippen molar-refractivity contribution < 1.29 is 26.1 Å². The van der Waals surface area contributed by atoms with Crippen molar-refractivity contribution in [1.29, 1.82) is 0 Å². The van der Waals surface area contributed by atoms with E-state index in [0.717, 1.165) is 0 Å². The van der Waals surface area contributed by atoms with Crippen LogP contribution in [-0.2, 0) is 13.1 Å². The number of unbranched alkanes of at least 4 members (excludes halogenated alkanes) is 7. The third-order valence-corrected chi connectivity index (χ3v) is 4.88. The first-order valence-electron chi connectivity index (χ1n) is 9.67. The Labute approximate surface area is 164 Å². The zero-order valence-electron chi connectivity index (χ0n) is 16.0. The van der Waals surface area contributed by atoms with Crippen molar-refractivity contribution in [2.75, 3.05) is 0 Å². The summed E-state index contributed by atoms with van der Waals surface area (Å²) in [4.78, 5) is 0. The molecule has 0 bridgehead atoms. The number of aryl methyl sites for hydroxylation is 4. The second-order valence-corrected chi connectivity index (χ2v) is 6.90. The van der Waals surface area contributed by atoms with Gasteiger partial charge in [0.1, 0.15) is 13.1 Å². The van der Waals surface area contributed by atoms with Gasteiger partial charge in [0.2, 0.25) is 0 Å². The van der Waals surface area contributed by atoms with Gasteiger partial charge in [0, 0.05) is 51.0 Å². The van der Waals surface area contributed by atoms with Gasteiger partial charge in [-0.05, 0) is 12.8 Å². The Bertz CT molecular complexity index is 545. The van der Waals surface area contributed by atoms with Crippen molar-refractivity contribution in [3.63, 3.8) is 0 Å². The van der Waals surface area contributed by atoms with Gasteiger partial charge in [0.05, 0.1) is 0 Å². The number of rotatable bonds is 11. The molecule has 2 rings (SSSR count). The highest BCUT2D eigenvalue weighted by Crippen LogP contribution is 2.09. The molecule has 0 atom stereocenters. The second kappa shape index (κ2) is 13.0. The standard InChI is InChI=1S/C22H34N2.BrH/c1-21-15-9-13-19-23(21)17-11-7-5-3-4-6-8-12-18-24-20-14-10-16-22(24)2;/h9-10,13-16,19-20H,3-8,11-12,17-18H2,1-2H3;1H/q+2;/p-1. The van der Waals surface area contributed by atoms with Gasteiger partial charge in [-0.1, -0.05) is 37.8 Å². The summed E-state index contributed by atoms with van der Waals surface area (Å²) in [5, 5.41) is 0. The summed E-state index contributed by atoms with van der Waals surface area (Å²) in [5.74, 6) is 0. The molecule has 0 spiro atoms. The lowest BCUT2D eigenvalue weighted by molar-refractivity contribution is -0.703. The molecule has 0 aliphatic heterocycles. The molecule has 0 saturated carbocycles. The lowest BCUT2D eigenvalue weighted by Gasteiger charge is -2.03. The smallest absolute Gasteiger partial charge is 0.178 e. The summed E-state index contributed by atoms with van der Waals surface area (Å²) in [5.41, 5.74) is 2.73. The van der Waals surface area contributed by atoms with Crippen LogP contribution in [0.4, 0.5) is 0 Å². The molecule has 2 heterocycles. The molecule has 0 saturated heterocycles. The fourth-order valence-corrected chi connectivity index (χ4v) is 3.25. The number of pyridine rings is 2. The molecular weight excluding hydrogens is 372 g/mol. The van der Waals surface area contributed by atoms with Crippen LogP contribution in [0.3, 0.4) is 0 Å². The quantitative estimate of drug-likeness (QED) is 0.397. The summed E-state index contributed by atoms with van der Waals surface area (Å²) >= 11 is 0. The lowest BCUT2D eigenvalue weighted by atomic mass is 10.1. The van der Waals surface area contributed by atoms with Crippen molar-refractivity contribution in [3.8, 4) is 0 Å². The van der Waals surface area contributed by atoms with E-state index in [2.05, 4.69) is 71.8 Å². The fourth-order valence-electron chi connectivity index (χ4n) is 3.25. The summed E-state index contributed by atoms with van der Waals surface area (Å²) in [6, 6.07) is 12.9. The van der Waals surface area contributed by atoms with Crippen LogP contribution in [0.5, 0.6) is 0 Å². The molecule has 0 N–H and O–H groups in total. The summed E-state index contributed by atoms with van der Waals surface area (Å²) in [7, 11) is 0. The van der Waals surface area contributed by atoms with E-state index < -0.39 is 0 Å². The Balaban J connectivity index is 0.00000312. The first kappa shape index (κ1) is 21.8. The molecule has 2 aromatic rings. The van der Waals surface area contributed by atoms with E-state index >= 15 is 0 Å². The molecule has 0 fully saturated rings. The normalized spacial score (nSPS) is 10.5. The zero-order valence-corrected chi connectivity index (χ0v) is 17.5. The molecule has 2 nitrogen and oxygen atoms in total. The number of aromatic nitrogens is 2. The van der Waals surface area contributed by atoms with Gasteiger partial charge in [-0.25, -0.2) is 9.13 Å². The van der Waals surface area contributed by atoms with E-state index in [4.69, 9.17) is 0 Å². The Morgan fingerprint density at radius 3 is 1.28 bits per heavy atom. The van der Waals surface area contributed by atoms with Gasteiger partial charge in [0.25, 0.3) is 0 Å². The number of nitrogens with zero attached hydrogens (tertiary/aromatic N) is 2. The first-order valence-corrected chi connectivity index (χ1v) is 9.67. The molecule has 25 heavy (non-hydrogen) atoms. The van der Waals surface area contributed by atoms with E-state index in [1.165, 1.54) is 75.8 Å². The molecule has 0 aliphatic carbocycles. The Morgan fingerprint density at radius 1 is 0.560 bits per heavy atom. The van der Waals surface area contributed by atoms with Crippen molar-refractivity contribution >= 4 is 0 Å². The van der Waals surface area contributed by atoms with E-state index in [1.807, 2.05) is 0 Å². The minimum Gasteiger partial charge on any atom is -1.00 e. The van der Waals surface area contributed by atoms with Gasteiger partial charge in [-0.3, -0.25) is 0 Å². The van der Waals surface area contributed by atoms with Crippen LogP contribution >= 0.6 is 0 Å². The van der Waals surface area contributed by atoms with E-state index in [0.29, 0.717) is 0 Å². The topological polar surface area (TPSA) is 7.76 Å². The second-order valence-electron chi connectivity index (χ2n) is 6.90. The van der Waals surface area contributed by atoms with Gasteiger partial charge in [0.15, 0.2) is 23.8 Å². The van der Waals surface area contributed by atoms with Crippen molar-refractivity contribution in [2.24, 2.45) is 0 Å². The van der Waals surface area contributed by atoms with Gasteiger partial charge in [-0.15, -0.1) is 0 Å². The van der Waals surface area contributed by atoms with Crippen LogP contribution in [0.2, 0.25) is 0 Å². The molecular formula is C22H34BrN2+. The van der Waals surface area contributed by atoms with E-state index in [-0.39, 0.29) is 17.0 Å². The average Bonchev–Trinajstić information content (AvgIpc) is 2.59. The Morgan fingerprint density at radius 2 is 0.920 bits per heavy atom. The largest absolute Gasteiger partial charge is 1.00 e.